The van der Waals surface area contributed by atoms with Crippen molar-refractivity contribution in [3.8, 4) is 11.8 Å². The minimum atomic E-state index is -0.259. The average Bonchev–Trinajstić information content (AvgIpc) is 2.59. The first-order valence-corrected chi connectivity index (χ1v) is 8.60. The van der Waals surface area contributed by atoms with Crippen LogP contribution in [0.25, 0.3) is 0 Å². The molecule has 0 bridgehead atoms. The molecule has 0 aliphatic heterocycles. The smallest absolute Gasteiger partial charge is 0.220 e. The molecule has 0 aliphatic carbocycles. The summed E-state index contributed by atoms with van der Waals surface area (Å²) in [5, 5.41) is 10.4. The lowest BCUT2D eigenvalue weighted by atomic mass is 9.81. The standard InChI is InChI=1S/C18H24N2O3S/c1-12-7-6-8-13(9-12)18(2,3)14(11-21)24-17-19-15(22-4)10-16(20-17)23-5/h6-10,14,21H,11H2,1-5H3. The monoisotopic (exact) mass is 348 g/mol. The van der Waals surface area contributed by atoms with Crippen LogP contribution in [0, 0.1) is 6.92 Å². The van der Waals surface area contributed by atoms with Gasteiger partial charge >= 0.3 is 0 Å². The van der Waals surface area contributed by atoms with Crippen LogP contribution in [0.2, 0.25) is 0 Å². The van der Waals surface area contributed by atoms with Gasteiger partial charge < -0.3 is 14.6 Å². The lowest BCUT2D eigenvalue weighted by molar-refractivity contribution is 0.260. The number of aromatic nitrogens is 2. The van der Waals surface area contributed by atoms with E-state index in [0.29, 0.717) is 16.9 Å². The summed E-state index contributed by atoms with van der Waals surface area (Å²) in [5.74, 6) is 0.879. The summed E-state index contributed by atoms with van der Waals surface area (Å²) >= 11 is 1.42. The molecule has 0 saturated carbocycles. The predicted octanol–water partition coefficient (Wildman–Crippen LogP) is 3.23. The summed E-state index contributed by atoms with van der Waals surface area (Å²) in [6.07, 6.45) is 0. The molecule has 1 atom stereocenters. The highest BCUT2D eigenvalue weighted by molar-refractivity contribution is 7.99. The summed E-state index contributed by atoms with van der Waals surface area (Å²) < 4.78 is 10.4. The van der Waals surface area contributed by atoms with Crippen LogP contribution in [0.1, 0.15) is 25.0 Å². The Morgan fingerprint density at radius 3 is 2.25 bits per heavy atom. The number of methoxy groups -OCH3 is 2. The molecule has 1 aromatic heterocycles. The molecule has 0 radical (unpaired) electrons. The molecule has 0 fully saturated rings. The van der Waals surface area contributed by atoms with Crippen LogP contribution in [0.5, 0.6) is 11.8 Å². The fourth-order valence-electron chi connectivity index (χ4n) is 2.42. The van der Waals surface area contributed by atoms with Crippen LogP contribution in [0.3, 0.4) is 0 Å². The molecular formula is C18H24N2O3S. The van der Waals surface area contributed by atoms with Crippen molar-refractivity contribution >= 4 is 11.8 Å². The molecule has 1 unspecified atom stereocenters. The third-order valence-electron chi connectivity index (χ3n) is 4.06. The number of aryl methyl sites for hydroxylation is 1. The first-order valence-electron chi connectivity index (χ1n) is 7.72. The van der Waals surface area contributed by atoms with Crippen molar-refractivity contribution in [1.82, 2.24) is 9.97 Å². The number of aliphatic hydroxyl groups is 1. The summed E-state index contributed by atoms with van der Waals surface area (Å²) in [6, 6.07) is 9.97. The van der Waals surface area contributed by atoms with E-state index in [2.05, 4.69) is 48.9 Å². The highest BCUT2D eigenvalue weighted by Crippen LogP contribution is 2.38. The minimum Gasteiger partial charge on any atom is -0.481 e. The normalized spacial score (nSPS) is 12.8. The van der Waals surface area contributed by atoms with Crippen molar-refractivity contribution in [3.05, 3.63) is 41.5 Å². The number of hydrogen-bond acceptors (Lipinski definition) is 6. The Bertz CT molecular complexity index is 669. The third kappa shape index (κ3) is 4.19. The van der Waals surface area contributed by atoms with E-state index in [-0.39, 0.29) is 17.3 Å². The molecule has 0 spiro atoms. The van der Waals surface area contributed by atoms with Crippen molar-refractivity contribution < 1.29 is 14.6 Å². The van der Waals surface area contributed by atoms with Crippen molar-refractivity contribution in [2.75, 3.05) is 20.8 Å². The van der Waals surface area contributed by atoms with Gasteiger partial charge in [0.05, 0.1) is 26.9 Å². The van der Waals surface area contributed by atoms with Crippen LogP contribution >= 0.6 is 11.8 Å². The van der Waals surface area contributed by atoms with E-state index in [4.69, 9.17) is 9.47 Å². The van der Waals surface area contributed by atoms with Crippen LogP contribution in [0.15, 0.2) is 35.5 Å². The van der Waals surface area contributed by atoms with Crippen LogP contribution < -0.4 is 9.47 Å². The summed E-state index contributed by atoms with van der Waals surface area (Å²) in [6.45, 7) is 6.31. The predicted molar refractivity (Wildman–Crippen MR) is 96.1 cm³/mol. The fourth-order valence-corrected chi connectivity index (χ4v) is 3.46. The topological polar surface area (TPSA) is 64.5 Å². The first-order chi connectivity index (χ1) is 11.4. The van der Waals surface area contributed by atoms with Gasteiger partial charge in [-0.3, -0.25) is 0 Å². The van der Waals surface area contributed by atoms with Gasteiger partial charge in [-0.2, -0.15) is 9.97 Å². The average molecular weight is 348 g/mol. The van der Waals surface area contributed by atoms with Gasteiger partial charge in [0.2, 0.25) is 11.8 Å². The number of rotatable bonds is 7. The molecule has 0 amide bonds. The van der Waals surface area contributed by atoms with Gasteiger partial charge in [0.15, 0.2) is 5.16 Å². The number of benzene rings is 1. The third-order valence-corrected chi connectivity index (χ3v) is 5.47. The SMILES string of the molecule is COc1cc(OC)nc(SC(CO)C(C)(C)c2cccc(C)c2)n1. The maximum Gasteiger partial charge on any atom is 0.220 e. The van der Waals surface area contributed by atoms with Crippen molar-refractivity contribution in [2.45, 2.75) is 36.6 Å². The number of thioether (sulfide) groups is 1. The van der Waals surface area contributed by atoms with Gasteiger partial charge in [-0.25, -0.2) is 0 Å². The van der Waals surface area contributed by atoms with E-state index in [1.165, 1.54) is 22.9 Å². The molecule has 2 rings (SSSR count). The number of aliphatic hydroxyl groups excluding tert-OH is 1. The molecule has 2 aromatic rings. The van der Waals surface area contributed by atoms with Crippen molar-refractivity contribution in [1.29, 1.82) is 0 Å². The maximum atomic E-state index is 9.97. The summed E-state index contributed by atoms with van der Waals surface area (Å²) in [4.78, 5) is 8.70. The highest BCUT2D eigenvalue weighted by Gasteiger charge is 2.33. The molecular weight excluding hydrogens is 324 g/mol. The van der Waals surface area contributed by atoms with E-state index in [9.17, 15) is 5.11 Å². The van der Waals surface area contributed by atoms with Crippen LogP contribution in [0.4, 0.5) is 0 Å². The zero-order chi connectivity index (χ0) is 17.7. The second-order valence-corrected chi connectivity index (χ2v) is 7.29. The van der Waals surface area contributed by atoms with Crippen molar-refractivity contribution in [2.24, 2.45) is 0 Å². The van der Waals surface area contributed by atoms with Gasteiger partial charge in [-0.05, 0) is 12.5 Å². The summed E-state index contributed by atoms with van der Waals surface area (Å²) in [7, 11) is 3.10. The van der Waals surface area contributed by atoms with Crippen molar-refractivity contribution in [3.63, 3.8) is 0 Å². The number of ether oxygens (including phenoxy) is 2. The fraction of sp³-hybridized carbons (Fsp3) is 0.444. The molecule has 5 nitrogen and oxygen atoms in total. The van der Waals surface area contributed by atoms with Crippen LogP contribution in [-0.2, 0) is 5.41 Å². The zero-order valence-electron chi connectivity index (χ0n) is 14.7. The molecule has 130 valence electrons. The second kappa shape index (κ2) is 7.85. The Hall–Kier alpha value is -1.79. The largest absolute Gasteiger partial charge is 0.481 e. The Balaban J connectivity index is 2.31. The van der Waals surface area contributed by atoms with Gasteiger partial charge in [-0.15, -0.1) is 0 Å². The Morgan fingerprint density at radius 2 is 1.75 bits per heavy atom. The van der Waals surface area contributed by atoms with E-state index >= 15 is 0 Å². The molecule has 1 heterocycles. The maximum absolute atomic E-state index is 9.97. The van der Waals surface area contributed by atoms with E-state index in [0.717, 1.165) is 0 Å². The molecule has 1 N–H and O–H groups in total. The van der Waals surface area contributed by atoms with Gasteiger partial charge in [0, 0.05) is 10.7 Å². The van der Waals surface area contributed by atoms with Gasteiger partial charge in [-0.1, -0.05) is 55.4 Å². The lowest BCUT2D eigenvalue weighted by Gasteiger charge is -2.33. The molecule has 24 heavy (non-hydrogen) atoms. The highest BCUT2D eigenvalue weighted by atomic mass is 32.2. The molecule has 1 aromatic carbocycles. The van der Waals surface area contributed by atoms with E-state index in [1.807, 2.05) is 6.07 Å². The van der Waals surface area contributed by atoms with Crippen LogP contribution in [-0.4, -0.2) is 41.2 Å². The van der Waals surface area contributed by atoms with E-state index < -0.39 is 0 Å². The molecule has 0 aliphatic rings. The Morgan fingerprint density at radius 1 is 1.12 bits per heavy atom. The second-order valence-electron chi connectivity index (χ2n) is 6.12. The molecule has 6 heteroatoms. The quantitative estimate of drug-likeness (QED) is 0.612. The minimum absolute atomic E-state index is 0.00843. The first kappa shape index (κ1) is 18.5. The zero-order valence-corrected chi connectivity index (χ0v) is 15.6. The summed E-state index contributed by atoms with van der Waals surface area (Å²) in [5.41, 5.74) is 2.11. The lowest BCUT2D eigenvalue weighted by Crippen LogP contribution is -2.34. The Kier molecular flexibility index (Phi) is 6.07. The van der Waals surface area contributed by atoms with Gasteiger partial charge in [0.1, 0.15) is 0 Å². The number of hydrogen-bond donors (Lipinski definition) is 1. The Labute approximate surface area is 147 Å². The van der Waals surface area contributed by atoms with Gasteiger partial charge in [0.25, 0.3) is 0 Å². The number of nitrogens with zero attached hydrogens (tertiary/aromatic N) is 2. The molecule has 0 saturated heterocycles. The van der Waals surface area contributed by atoms with E-state index in [1.54, 1.807) is 20.3 Å².